The van der Waals surface area contributed by atoms with Gasteiger partial charge in [0.25, 0.3) is 0 Å². The van der Waals surface area contributed by atoms with Crippen molar-refractivity contribution in [3.63, 3.8) is 0 Å². The molecule has 4 heteroatoms. The van der Waals surface area contributed by atoms with Gasteiger partial charge < -0.3 is 4.74 Å². The number of nitriles is 1. The first kappa shape index (κ1) is 11.2. The van der Waals surface area contributed by atoms with Gasteiger partial charge in [-0.15, -0.1) is 0 Å². The number of hydrogen-bond donors (Lipinski definition) is 0. The molecular weight excluding hydrogens is 192 g/mol. The zero-order chi connectivity index (χ0) is 11.1. The molecule has 0 aromatic carbocycles. The number of nitrogens with zero attached hydrogens (tertiary/aromatic N) is 2. The van der Waals surface area contributed by atoms with Gasteiger partial charge in [-0.25, -0.2) is 4.98 Å². The number of carbonyl (C=O) groups excluding carboxylic acids is 1. The number of carbonyl (C=O) groups is 1. The molecule has 4 nitrogen and oxygen atoms in total. The van der Waals surface area contributed by atoms with Crippen LogP contribution in [-0.2, 0) is 0 Å². The second kappa shape index (κ2) is 5.76. The Hall–Kier alpha value is -1.89. The number of unbranched alkanes of at least 4 members (excludes halogenated alkanes) is 1. The van der Waals surface area contributed by atoms with Crippen molar-refractivity contribution in [1.29, 1.82) is 5.26 Å². The van der Waals surface area contributed by atoms with Gasteiger partial charge in [0.05, 0.1) is 12.7 Å². The molecule has 0 saturated carbocycles. The SMILES string of the molecule is CC(=O)c1ccc(OCCCC#N)nc1. The maximum Gasteiger partial charge on any atom is 0.213 e. The topological polar surface area (TPSA) is 63.0 Å². The molecule has 1 rings (SSSR count). The number of ether oxygens (including phenoxy) is 1. The van der Waals surface area contributed by atoms with E-state index in [1.165, 1.54) is 13.1 Å². The first-order valence-electron chi connectivity index (χ1n) is 4.71. The van der Waals surface area contributed by atoms with Crippen LogP contribution in [0.1, 0.15) is 30.1 Å². The van der Waals surface area contributed by atoms with Crippen LogP contribution in [-0.4, -0.2) is 17.4 Å². The van der Waals surface area contributed by atoms with E-state index in [1.54, 1.807) is 12.1 Å². The molecule has 78 valence electrons. The molecule has 0 atom stereocenters. The highest BCUT2D eigenvalue weighted by Gasteiger charge is 2.00. The molecule has 0 aliphatic carbocycles. The first-order chi connectivity index (χ1) is 7.24. The third kappa shape index (κ3) is 3.77. The van der Waals surface area contributed by atoms with Gasteiger partial charge in [-0.3, -0.25) is 4.79 Å². The molecule has 1 heterocycles. The summed E-state index contributed by atoms with van der Waals surface area (Å²) in [5.74, 6) is 0.469. The molecule has 0 unspecified atom stereocenters. The quantitative estimate of drug-likeness (QED) is 0.543. The number of hydrogen-bond acceptors (Lipinski definition) is 4. The number of aromatic nitrogens is 1. The zero-order valence-corrected chi connectivity index (χ0v) is 8.56. The fraction of sp³-hybridized carbons (Fsp3) is 0.364. The van der Waals surface area contributed by atoms with E-state index in [0.717, 1.165) is 0 Å². The summed E-state index contributed by atoms with van der Waals surface area (Å²) in [7, 11) is 0. The van der Waals surface area contributed by atoms with Gasteiger partial charge in [-0.1, -0.05) is 0 Å². The minimum absolute atomic E-state index is 0.0152. The lowest BCUT2D eigenvalue weighted by Gasteiger charge is -2.03. The summed E-state index contributed by atoms with van der Waals surface area (Å²) in [5.41, 5.74) is 0.569. The van der Waals surface area contributed by atoms with Crippen molar-refractivity contribution in [2.45, 2.75) is 19.8 Å². The van der Waals surface area contributed by atoms with Crippen molar-refractivity contribution in [2.24, 2.45) is 0 Å². The van der Waals surface area contributed by atoms with Crippen LogP contribution in [0.3, 0.4) is 0 Å². The molecule has 0 radical (unpaired) electrons. The molecule has 0 fully saturated rings. The summed E-state index contributed by atoms with van der Waals surface area (Å²) in [6.45, 7) is 1.96. The number of pyridine rings is 1. The van der Waals surface area contributed by atoms with Gasteiger partial charge in [0.1, 0.15) is 0 Å². The highest BCUT2D eigenvalue weighted by atomic mass is 16.5. The van der Waals surface area contributed by atoms with Crippen molar-refractivity contribution >= 4 is 5.78 Å². The van der Waals surface area contributed by atoms with E-state index in [9.17, 15) is 4.79 Å². The van der Waals surface area contributed by atoms with Crippen LogP contribution in [0, 0.1) is 11.3 Å². The van der Waals surface area contributed by atoms with Crippen LogP contribution >= 0.6 is 0 Å². The van der Waals surface area contributed by atoms with E-state index in [-0.39, 0.29) is 5.78 Å². The van der Waals surface area contributed by atoms with E-state index >= 15 is 0 Å². The lowest BCUT2D eigenvalue weighted by atomic mass is 10.2. The maximum absolute atomic E-state index is 10.9. The molecule has 0 amide bonds. The van der Waals surface area contributed by atoms with Crippen LogP contribution in [0.5, 0.6) is 5.88 Å². The average Bonchev–Trinajstić information content (AvgIpc) is 2.25. The van der Waals surface area contributed by atoms with E-state index in [2.05, 4.69) is 4.98 Å². The van der Waals surface area contributed by atoms with E-state index in [0.29, 0.717) is 30.9 Å². The van der Waals surface area contributed by atoms with Crippen LogP contribution in [0.4, 0.5) is 0 Å². The molecule has 0 spiro atoms. The van der Waals surface area contributed by atoms with Gasteiger partial charge in [0.15, 0.2) is 5.78 Å². The smallest absolute Gasteiger partial charge is 0.213 e. The molecule has 15 heavy (non-hydrogen) atoms. The zero-order valence-electron chi connectivity index (χ0n) is 8.56. The van der Waals surface area contributed by atoms with Gasteiger partial charge in [-0.05, 0) is 19.4 Å². The Bertz CT molecular complexity index is 365. The fourth-order valence-electron chi connectivity index (χ4n) is 1.00. The Balaban J connectivity index is 2.43. The Kier molecular flexibility index (Phi) is 4.30. The summed E-state index contributed by atoms with van der Waals surface area (Å²) in [4.78, 5) is 14.9. The summed E-state index contributed by atoms with van der Waals surface area (Å²) < 4.78 is 5.27. The molecule has 0 saturated heterocycles. The number of Topliss-reactive ketones (excluding diaryl/α,β-unsaturated/α-hetero) is 1. The Morgan fingerprint density at radius 1 is 1.60 bits per heavy atom. The predicted octanol–water partition coefficient (Wildman–Crippen LogP) is 1.97. The van der Waals surface area contributed by atoms with Crippen LogP contribution < -0.4 is 4.74 Å². The molecule has 1 aromatic rings. The van der Waals surface area contributed by atoms with Gasteiger partial charge in [0.2, 0.25) is 5.88 Å². The molecule has 0 aliphatic heterocycles. The third-order valence-corrected chi connectivity index (χ3v) is 1.83. The highest BCUT2D eigenvalue weighted by Crippen LogP contribution is 2.08. The van der Waals surface area contributed by atoms with E-state index in [4.69, 9.17) is 10.00 Å². The highest BCUT2D eigenvalue weighted by molar-refractivity contribution is 5.93. The van der Waals surface area contributed by atoms with Crippen molar-refractivity contribution in [3.8, 4) is 11.9 Å². The number of rotatable bonds is 5. The van der Waals surface area contributed by atoms with E-state index in [1.807, 2.05) is 6.07 Å². The predicted molar refractivity (Wildman–Crippen MR) is 54.6 cm³/mol. The molecule has 0 N–H and O–H groups in total. The van der Waals surface area contributed by atoms with Crippen molar-refractivity contribution in [2.75, 3.05) is 6.61 Å². The van der Waals surface area contributed by atoms with E-state index < -0.39 is 0 Å². The molecule has 0 aliphatic rings. The molecule has 1 aromatic heterocycles. The maximum atomic E-state index is 10.9. The second-order valence-corrected chi connectivity index (χ2v) is 3.05. The Morgan fingerprint density at radius 3 is 2.93 bits per heavy atom. The summed E-state index contributed by atoms with van der Waals surface area (Å²) in [6.07, 6.45) is 2.65. The van der Waals surface area contributed by atoms with Gasteiger partial charge >= 0.3 is 0 Å². The lowest BCUT2D eigenvalue weighted by molar-refractivity contribution is 0.101. The van der Waals surface area contributed by atoms with Gasteiger partial charge in [0, 0.05) is 24.2 Å². The lowest BCUT2D eigenvalue weighted by Crippen LogP contribution is -2.00. The molecular formula is C11H12N2O2. The monoisotopic (exact) mass is 204 g/mol. The Morgan fingerprint density at radius 2 is 2.40 bits per heavy atom. The van der Waals surface area contributed by atoms with Gasteiger partial charge in [-0.2, -0.15) is 5.26 Å². The summed E-state index contributed by atoms with van der Waals surface area (Å²) in [5, 5.41) is 8.30. The summed E-state index contributed by atoms with van der Waals surface area (Å²) >= 11 is 0. The van der Waals surface area contributed by atoms with Crippen molar-refractivity contribution < 1.29 is 9.53 Å². The van der Waals surface area contributed by atoms with Crippen LogP contribution in [0.15, 0.2) is 18.3 Å². The third-order valence-electron chi connectivity index (χ3n) is 1.83. The largest absolute Gasteiger partial charge is 0.478 e. The second-order valence-electron chi connectivity index (χ2n) is 3.05. The Labute approximate surface area is 88.5 Å². The molecule has 0 bridgehead atoms. The normalized spacial score (nSPS) is 9.33. The number of ketones is 1. The fourth-order valence-corrected chi connectivity index (χ4v) is 1.00. The minimum atomic E-state index is -0.0152. The minimum Gasteiger partial charge on any atom is -0.478 e. The van der Waals surface area contributed by atoms with Crippen LogP contribution in [0.2, 0.25) is 0 Å². The van der Waals surface area contributed by atoms with Crippen molar-refractivity contribution in [1.82, 2.24) is 4.98 Å². The van der Waals surface area contributed by atoms with Crippen molar-refractivity contribution in [3.05, 3.63) is 23.9 Å². The first-order valence-corrected chi connectivity index (χ1v) is 4.71. The standard InChI is InChI=1S/C11H12N2O2/c1-9(14)10-4-5-11(13-8-10)15-7-3-2-6-12/h4-5,8H,2-3,7H2,1H3. The summed E-state index contributed by atoms with van der Waals surface area (Å²) in [6, 6.07) is 5.36. The average molecular weight is 204 g/mol. The van der Waals surface area contributed by atoms with Crippen LogP contribution in [0.25, 0.3) is 0 Å².